The molecule has 0 radical (unpaired) electrons. The van der Waals surface area contributed by atoms with Crippen LogP contribution in [-0.2, 0) is 16.2 Å². The molecule has 0 atom stereocenters. The van der Waals surface area contributed by atoms with Crippen LogP contribution >= 0.6 is 0 Å². The summed E-state index contributed by atoms with van der Waals surface area (Å²) in [6.45, 7) is 6.18. The first-order valence-corrected chi connectivity index (χ1v) is 11.3. The maximum Gasteiger partial charge on any atom is 0.337 e. The van der Waals surface area contributed by atoms with E-state index < -0.39 is 5.97 Å². The molecule has 6 heteroatoms. The Morgan fingerprint density at radius 3 is 2.37 bits per heavy atom. The van der Waals surface area contributed by atoms with Crippen molar-refractivity contribution in [3.63, 3.8) is 0 Å². The lowest BCUT2D eigenvalue weighted by atomic mass is 10.1. The van der Waals surface area contributed by atoms with Crippen LogP contribution in [0, 0.1) is 19.7 Å². The van der Waals surface area contributed by atoms with Gasteiger partial charge in [0.1, 0.15) is 12.4 Å². The van der Waals surface area contributed by atoms with E-state index in [9.17, 15) is 9.18 Å². The van der Waals surface area contributed by atoms with E-state index in [-0.39, 0.29) is 12.4 Å². The molecular weight excluding hydrogens is 443 g/mol. The number of nitrogens with zero attached hydrogens (tertiary/aromatic N) is 2. The lowest BCUT2D eigenvalue weighted by Crippen LogP contribution is -2.03. The summed E-state index contributed by atoms with van der Waals surface area (Å²) >= 11 is 0. The summed E-state index contributed by atoms with van der Waals surface area (Å²) in [5.41, 5.74) is 7.90. The topological polar surface area (TPSA) is 52.8 Å². The zero-order valence-electron chi connectivity index (χ0n) is 20.2. The van der Waals surface area contributed by atoms with Gasteiger partial charge in [0.05, 0.1) is 24.1 Å². The average molecular weight is 471 g/mol. The number of carbonyl (C=O) groups is 1. The third kappa shape index (κ3) is 5.32. The second-order valence-corrected chi connectivity index (χ2v) is 8.35. The highest BCUT2D eigenvalue weighted by Gasteiger charge is 2.17. The number of oxime groups is 1. The van der Waals surface area contributed by atoms with Crippen molar-refractivity contribution in [2.75, 3.05) is 7.11 Å². The molecule has 0 aliphatic heterocycles. The number of esters is 1. The van der Waals surface area contributed by atoms with Gasteiger partial charge in [-0.2, -0.15) is 0 Å². The number of hydrogen-bond donors (Lipinski definition) is 0. The van der Waals surface area contributed by atoms with Crippen molar-refractivity contribution in [3.05, 3.63) is 113 Å². The summed E-state index contributed by atoms with van der Waals surface area (Å²) in [5.74, 6) is -0.672. The Kier molecular flexibility index (Phi) is 7.11. The van der Waals surface area contributed by atoms with E-state index in [2.05, 4.69) is 34.0 Å². The first-order valence-electron chi connectivity index (χ1n) is 11.3. The van der Waals surface area contributed by atoms with Crippen LogP contribution in [0.5, 0.6) is 0 Å². The molecule has 0 aliphatic carbocycles. The first-order chi connectivity index (χ1) is 16.9. The molecule has 35 heavy (non-hydrogen) atoms. The van der Waals surface area contributed by atoms with Gasteiger partial charge in [-0.15, -0.1) is 0 Å². The maximum atomic E-state index is 13.6. The van der Waals surface area contributed by atoms with E-state index >= 15 is 0 Å². The lowest BCUT2D eigenvalue weighted by molar-refractivity contribution is 0.0600. The Labute approximate surface area is 204 Å². The zero-order valence-corrected chi connectivity index (χ0v) is 20.2. The van der Waals surface area contributed by atoms with Gasteiger partial charge in [0.15, 0.2) is 0 Å². The fraction of sp³-hybridized carbons (Fsp3) is 0.172. The zero-order chi connectivity index (χ0) is 24.9. The van der Waals surface area contributed by atoms with Gasteiger partial charge in [-0.3, -0.25) is 0 Å². The minimum atomic E-state index is -0.395. The molecule has 0 spiro atoms. The molecule has 3 aromatic carbocycles. The summed E-state index contributed by atoms with van der Waals surface area (Å²) in [4.78, 5) is 17.4. The van der Waals surface area contributed by atoms with Crippen molar-refractivity contribution in [1.82, 2.24) is 4.57 Å². The third-order valence-corrected chi connectivity index (χ3v) is 5.85. The minimum Gasteiger partial charge on any atom is -0.465 e. The third-order valence-electron chi connectivity index (χ3n) is 5.85. The predicted molar refractivity (Wildman–Crippen MR) is 135 cm³/mol. The number of carbonyl (C=O) groups excluding carboxylic acids is 1. The summed E-state index contributed by atoms with van der Waals surface area (Å²) in [7, 11) is 1.35. The number of methoxy groups -OCH3 is 1. The monoisotopic (exact) mass is 470 g/mol. The molecule has 0 amide bonds. The first kappa shape index (κ1) is 24.0. The molecule has 0 saturated heterocycles. The van der Waals surface area contributed by atoms with Crippen LogP contribution in [0.3, 0.4) is 0 Å². The van der Waals surface area contributed by atoms with Gasteiger partial charge in [-0.1, -0.05) is 35.0 Å². The van der Waals surface area contributed by atoms with E-state index in [0.717, 1.165) is 33.8 Å². The molecule has 4 rings (SSSR count). The van der Waals surface area contributed by atoms with Gasteiger partial charge in [-0.25, -0.2) is 9.18 Å². The largest absolute Gasteiger partial charge is 0.465 e. The Hall–Kier alpha value is -4.19. The fourth-order valence-corrected chi connectivity index (χ4v) is 3.99. The van der Waals surface area contributed by atoms with Crippen molar-refractivity contribution in [2.24, 2.45) is 5.16 Å². The van der Waals surface area contributed by atoms with E-state index in [0.29, 0.717) is 11.3 Å². The Balaban J connectivity index is 1.65. The van der Waals surface area contributed by atoms with Crippen molar-refractivity contribution in [3.8, 4) is 16.9 Å². The summed E-state index contributed by atoms with van der Waals surface area (Å²) in [5, 5.41) is 4.34. The van der Waals surface area contributed by atoms with Crippen molar-refractivity contribution in [1.29, 1.82) is 0 Å². The molecule has 178 valence electrons. The average Bonchev–Trinajstić information content (AvgIpc) is 3.21. The van der Waals surface area contributed by atoms with Gasteiger partial charge < -0.3 is 14.1 Å². The number of aromatic nitrogens is 1. The molecule has 0 bridgehead atoms. The molecule has 1 heterocycles. The molecule has 0 unspecified atom stereocenters. The van der Waals surface area contributed by atoms with Crippen molar-refractivity contribution < 1.29 is 18.8 Å². The number of benzene rings is 3. The van der Waals surface area contributed by atoms with Crippen LogP contribution in [-0.4, -0.2) is 23.4 Å². The van der Waals surface area contributed by atoms with Crippen LogP contribution in [0.4, 0.5) is 4.39 Å². The summed E-state index contributed by atoms with van der Waals surface area (Å²) in [6.07, 6.45) is 0. The molecule has 0 N–H and O–H groups in total. The fourth-order valence-electron chi connectivity index (χ4n) is 3.99. The lowest BCUT2D eigenvalue weighted by Gasteiger charge is -2.13. The Morgan fingerprint density at radius 2 is 1.69 bits per heavy atom. The Morgan fingerprint density at radius 1 is 0.971 bits per heavy atom. The number of ether oxygens (including phenoxy) is 1. The highest BCUT2D eigenvalue weighted by molar-refractivity contribution is 6.01. The van der Waals surface area contributed by atoms with Gasteiger partial charge >= 0.3 is 5.97 Å². The quantitative estimate of drug-likeness (QED) is 0.173. The van der Waals surface area contributed by atoms with Gasteiger partial charge in [0, 0.05) is 16.9 Å². The highest BCUT2D eigenvalue weighted by Crippen LogP contribution is 2.30. The standard InChI is InChI=1S/C29H27FN2O3/c1-19-8-14-26(15-9-19)32-21(3)27(17-28(32)23-10-12-25(30)13-11-23)20(2)31-35-18-22-6-5-7-24(16-22)29(33)34-4/h5-17H,18H2,1-4H3/b31-20+. The maximum absolute atomic E-state index is 13.6. The number of hydrogen-bond acceptors (Lipinski definition) is 4. The summed E-state index contributed by atoms with van der Waals surface area (Å²) in [6, 6.07) is 23.8. The number of aryl methyl sites for hydroxylation is 1. The van der Waals surface area contributed by atoms with E-state index in [1.165, 1.54) is 24.8 Å². The van der Waals surface area contributed by atoms with Gasteiger partial charge in [0.25, 0.3) is 0 Å². The molecular formula is C29H27FN2O3. The number of rotatable bonds is 7. The van der Waals surface area contributed by atoms with Crippen molar-refractivity contribution in [2.45, 2.75) is 27.4 Å². The molecule has 1 aromatic heterocycles. The Bertz CT molecular complexity index is 1370. The smallest absolute Gasteiger partial charge is 0.337 e. The summed E-state index contributed by atoms with van der Waals surface area (Å²) < 4.78 is 20.5. The number of halogens is 1. The van der Waals surface area contributed by atoms with Crippen LogP contribution < -0.4 is 0 Å². The van der Waals surface area contributed by atoms with Crippen LogP contribution in [0.25, 0.3) is 16.9 Å². The normalized spacial score (nSPS) is 11.4. The minimum absolute atomic E-state index is 0.213. The van der Waals surface area contributed by atoms with E-state index in [1.807, 2.05) is 32.9 Å². The van der Waals surface area contributed by atoms with E-state index in [4.69, 9.17) is 9.57 Å². The van der Waals surface area contributed by atoms with Crippen molar-refractivity contribution >= 4 is 11.7 Å². The predicted octanol–water partition coefficient (Wildman–Crippen LogP) is 6.63. The molecule has 0 fully saturated rings. The van der Waals surface area contributed by atoms with Gasteiger partial charge in [-0.05, 0) is 86.5 Å². The molecule has 0 aliphatic rings. The molecule has 4 aromatic rings. The van der Waals surface area contributed by atoms with E-state index in [1.54, 1.807) is 30.3 Å². The highest BCUT2D eigenvalue weighted by atomic mass is 19.1. The second kappa shape index (κ2) is 10.4. The molecule has 0 saturated carbocycles. The van der Waals surface area contributed by atoms with Crippen LogP contribution in [0.2, 0.25) is 0 Å². The second-order valence-electron chi connectivity index (χ2n) is 8.35. The van der Waals surface area contributed by atoms with Gasteiger partial charge in [0.2, 0.25) is 0 Å². The van der Waals surface area contributed by atoms with Crippen LogP contribution in [0.1, 0.15) is 39.7 Å². The molecule has 5 nitrogen and oxygen atoms in total. The SMILES string of the molecule is COC(=O)c1cccc(CO/N=C(\C)c2cc(-c3ccc(F)cc3)n(-c3ccc(C)cc3)c2C)c1. The van der Waals surface area contributed by atoms with Crippen LogP contribution in [0.15, 0.2) is 84.0 Å².